The fourth-order valence-corrected chi connectivity index (χ4v) is 5.01. The number of carbonyl (C=O) groups is 2. The van der Waals surface area contributed by atoms with E-state index in [-0.39, 0.29) is 42.6 Å². The summed E-state index contributed by atoms with van der Waals surface area (Å²) in [7, 11) is 0. The second kappa shape index (κ2) is 10.9. The Kier molecular flexibility index (Phi) is 7.67. The minimum Gasteiger partial charge on any atom is -0.491 e. The van der Waals surface area contributed by atoms with E-state index in [1.807, 2.05) is 11.4 Å². The summed E-state index contributed by atoms with van der Waals surface area (Å²) in [5.74, 6) is 0.219. The van der Waals surface area contributed by atoms with Gasteiger partial charge in [-0.3, -0.25) is 9.59 Å². The van der Waals surface area contributed by atoms with E-state index >= 15 is 0 Å². The van der Waals surface area contributed by atoms with Crippen molar-refractivity contribution in [3.63, 3.8) is 0 Å². The fourth-order valence-electron chi connectivity index (χ4n) is 4.08. The van der Waals surface area contributed by atoms with Crippen LogP contribution in [0.5, 0.6) is 5.75 Å². The molecule has 8 heteroatoms. The average molecular weight is 485 g/mol. The highest BCUT2D eigenvalue weighted by atomic mass is 32.1. The van der Waals surface area contributed by atoms with Crippen molar-refractivity contribution < 1.29 is 23.1 Å². The Morgan fingerprint density at radius 3 is 2.85 bits per heavy atom. The highest BCUT2D eigenvalue weighted by molar-refractivity contribution is 7.10. The maximum atomic E-state index is 13.6. The molecule has 0 spiro atoms. The minimum absolute atomic E-state index is 0.0395. The maximum Gasteiger partial charge on any atom is 0.290 e. The Hall–Kier alpha value is -3.13. The topological polar surface area (TPSA) is 63.0 Å². The van der Waals surface area contributed by atoms with Gasteiger partial charge in [0.2, 0.25) is 5.91 Å². The number of ether oxygens (including phenoxy) is 1. The molecule has 0 fully saturated rings. The van der Waals surface area contributed by atoms with Crippen LogP contribution in [0, 0.1) is 11.7 Å². The predicted octanol–water partition coefficient (Wildman–Crippen LogP) is 5.17. The van der Waals surface area contributed by atoms with Crippen LogP contribution < -0.4 is 4.74 Å². The van der Waals surface area contributed by atoms with Gasteiger partial charge in [-0.15, -0.1) is 11.3 Å². The summed E-state index contributed by atoms with van der Waals surface area (Å²) >= 11 is 1.66. The van der Waals surface area contributed by atoms with E-state index in [0.717, 1.165) is 18.4 Å². The highest BCUT2D eigenvalue weighted by Crippen LogP contribution is 2.34. The first-order valence-electron chi connectivity index (χ1n) is 11.5. The van der Waals surface area contributed by atoms with Gasteiger partial charge < -0.3 is 19.0 Å². The molecule has 2 aromatic heterocycles. The van der Waals surface area contributed by atoms with Crippen molar-refractivity contribution in [3.8, 4) is 5.75 Å². The van der Waals surface area contributed by atoms with Gasteiger partial charge in [0.15, 0.2) is 5.76 Å². The molecule has 1 atom stereocenters. The number of hydrogen-bond acceptors (Lipinski definition) is 5. The van der Waals surface area contributed by atoms with E-state index in [4.69, 9.17) is 9.15 Å². The Bertz CT molecular complexity index is 1110. The van der Waals surface area contributed by atoms with Crippen LogP contribution in [-0.4, -0.2) is 47.9 Å². The zero-order valence-electron chi connectivity index (χ0n) is 19.4. The summed E-state index contributed by atoms with van der Waals surface area (Å²) in [6, 6.07) is 11.0. The first-order valence-corrected chi connectivity index (χ1v) is 12.4. The van der Waals surface area contributed by atoms with E-state index in [1.54, 1.807) is 45.4 Å². The zero-order chi connectivity index (χ0) is 24.1. The maximum absolute atomic E-state index is 13.6. The number of amides is 2. The molecule has 6 nitrogen and oxygen atoms in total. The molecule has 0 unspecified atom stereocenters. The molecule has 1 aliphatic heterocycles. The standard InChI is InChI=1S/C26H29FN2O4S/c1-18(2)8-11-28(26(31)23-7-4-13-32-23)16-25(30)29-12-9-24-21(10-14-34-24)22(29)17-33-20-6-3-5-19(27)15-20/h3-7,10,13-15,18,22H,8-9,11-12,16-17H2,1-2H3/t22-/m1/s1. The smallest absolute Gasteiger partial charge is 0.290 e. The van der Waals surface area contributed by atoms with Crippen LogP contribution in [0.4, 0.5) is 4.39 Å². The summed E-state index contributed by atoms with van der Waals surface area (Å²) < 4.78 is 24.8. The van der Waals surface area contributed by atoms with E-state index < -0.39 is 0 Å². The van der Waals surface area contributed by atoms with Crippen molar-refractivity contribution in [1.29, 1.82) is 0 Å². The van der Waals surface area contributed by atoms with Gasteiger partial charge >= 0.3 is 0 Å². The molecular formula is C26H29FN2O4S. The number of thiophene rings is 1. The molecule has 180 valence electrons. The van der Waals surface area contributed by atoms with Crippen LogP contribution in [0.2, 0.25) is 0 Å². The lowest BCUT2D eigenvalue weighted by Gasteiger charge is -2.37. The molecule has 0 N–H and O–H groups in total. The third kappa shape index (κ3) is 5.67. The summed E-state index contributed by atoms with van der Waals surface area (Å²) in [5.41, 5.74) is 1.05. The van der Waals surface area contributed by atoms with Gasteiger partial charge in [0.25, 0.3) is 5.91 Å². The molecule has 3 aromatic rings. The normalized spacial score (nSPS) is 15.3. The minimum atomic E-state index is -0.373. The lowest BCUT2D eigenvalue weighted by molar-refractivity contribution is -0.135. The lowest BCUT2D eigenvalue weighted by Crippen LogP contribution is -2.48. The molecule has 34 heavy (non-hydrogen) atoms. The molecule has 0 aliphatic carbocycles. The number of fused-ring (bicyclic) bond motifs is 1. The van der Waals surface area contributed by atoms with Crippen molar-refractivity contribution in [2.24, 2.45) is 5.92 Å². The van der Waals surface area contributed by atoms with Gasteiger partial charge in [0, 0.05) is 24.0 Å². The first-order chi connectivity index (χ1) is 16.4. The van der Waals surface area contributed by atoms with Crippen molar-refractivity contribution in [2.75, 3.05) is 26.2 Å². The number of nitrogens with zero attached hydrogens (tertiary/aromatic N) is 2. The average Bonchev–Trinajstić information content (AvgIpc) is 3.51. The molecule has 4 rings (SSSR count). The highest BCUT2D eigenvalue weighted by Gasteiger charge is 2.34. The van der Waals surface area contributed by atoms with Crippen LogP contribution in [-0.2, 0) is 11.2 Å². The Morgan fingerprint density at radius 2 is 2.12 bits per heavy atom. The summed E-state index contributed by atoms with van der Waals surface area (Å²) in [4.78, 5) is 31.1. The SMILES string of the molecule is CC(C)CCN(CC(=O)N1CCc2sccc2[C@H]1COc1cccc(F)c1)C(=O)c1ccco1. The van der Waals surface area contributed by atoms with Crippen LogP contribution in [0.15, 0.2) is 58.5 Å². The molecule has 0 radical (unpaired) electrons. The summed E-state index contributed by atoms with van der Waals surface area (Å²) in [6.45, 7) is 5.33. The van der Waals surface area contributed by atoms with Crippen LogP contribution in [0.25, 0.3) is 0 Å². The Labute approximate surface area is 202 Å². The zero-order valence-corrected chi connectivity index (χ0v) is 20.2. The molecule has 3 heterocycles. The summed E-state index contributed by atoms with van der Waals surface area (Å²) in [5, 5.41) is 2.02. The van der Waals surface area contributed by atoms with Gasteiger partial charge in [0.05, 0.1) is 12.3 Å². The number of hydrogen-bond donors (Lipinski definition) is 0. The lowest BCUT2D eigenvalue weighted by atomic mass is 10.0. The molecular weight excluding hydrogens is 455 g/mol. The molecule has 1 aromatic carbocycles. The second-order valence-corrected chi connectivity index (χ2v) is 9.81. The van der Waals surface area contributed by atoms with Gasteiger partial charge in [-0.1, -0.05) is 19.9 Å². The number of furan rings is 1. The second-order valence-electron chi connectivity index (χ2n) is 8.81. The third-order valence-corrected chi connectivity index (χ3v) is 6.94. The van der Waals surface area contributed by atoms with Crippen LogP contribution >= 0.6 is 11.3 Å². The Balaban J connectivity index is 1.52. The third-order valence-electron chi connectivity index (χ3n) is 5.94. The number of carbonyl (C=O) groups excluding carboxylic acids is 2. The molecule has 0 saturated heterocycles. The Morgan fingerprint density at radius 1 is 1.26 bits per heavy atom. The summed E-state index contributed by atoms with van der Waals surface area (Å²) in [6.07, 6.45) is 2.99. The monoisotopic (exact) mass is 484 g/mol. The van der Waals surface area contributed by atoms with Gasteiger partial charge in [0.1, 0.15) is 24.7 Å². The molecule has 0 saturated carbocycles. The van der Waals surface area contributed by atoms with Gasteiger partial charge in [-0.2, -0.15) is 0 Å². The molecule has 2 amide bonds. The van der Waals surface area contributed by atoms with Crippen LogP contribution in [0.1, 0.15) is 47.3 Å². The molecule has 0 bridgehead atoms. The van der Waals surface area contributed by atoms with Crippen LogP contribution in [0.3, 0.4) is 0 Å². The fraction of sp³-hybridized carbons (Fsp3) is 0.385. The molecule has 1 aliphatic rings. The van der Waals surface area contributed by atoms with Crippen molar-refractivity contribution in [3.05, 3.63) is 76.1 Å². The number of halogens is 1. The number of benzene rings is 1. The largest absolute Gasteiger partial charge is 0.491 e. The van der Waals surface area contributed by atoms with E-state index in [0.29, 0.717) is 24.8 Å². The van der Waals surface area contributed by atoms with E-state index in [2.05, 4.69) is 13.8 Å². The van der Waals surface area contributed by atoms with Gasteiger partial charge in [-0.25, -0.2) is 4.39 Å². The van der Waals surface area contributed by atoms with Gasteiger partial charge in [-0.05, 0) is 60.0 Å². The van der Waals surface area contributed by atoms with Crippen molar-refractivity contribution in [1.82, 2.24) is 9.80 Å². The predicted molar refractivity (Wildman–Crippen MR) is 128 cm³/mol. The van der Waals surface area contributed by atoms with E-state index in [9.17, 15) is 14.0 Å². The quantitative estimate of drug-likeness (QED) is 0.420. The van der Waals surface area contributed by atoms with Crippen molar-refractivity contribution in [2.45, 2.75) is 32.7 Å². The first kappa shape index (κ1) is 24.0. The van der Waals surface area contributed by atoms with Crippen molar-refractivity contribution >= 4 is 23.2 Å². The number of rotatable bonds is 9. The van der Waals surface area contributed by atoms with E-state index in [1.165, 1.54) is 23.3 Å².